The van der Waals surface area contributed by atoms with Gasteiger partial charge in [-0.1, -0.05) is 0 Å². The molecule has 3 saturated carbocycles. The van der Waals surface area contributed by atoms with Crippen molar-refractivity contribution < 1.29 is 4.79 Å². The number of fused-ring (bicyclic) bond motifs is 3. The molecular weight excluding hydrogens is 238 g/mol. The van der Waals surface area contributed by atoms with Crippen molar-refractivity contribution in [3.63, 3.8) is 0 Å². The Balaban J connectivity index is 1.47. The van der Waals surface area contributed by atoms with Gasteiger partial charge in [0, 0.05) is 25.2 Å². The van der Waals surface area contributed by atoms with Crippen LogP contribution in [0.5, 0.6) is 0 Å². The van der Waals surface area contributed by atoms with Crippen LogP contribution in [-0.4, -0.2) is 36.0 Å². The van der Waals surface area contributed by atoms with E-state index in [4.69, 9.17) is 11.5 Å². The molecule has 1 saturated heterocycles. The second-order valence-electron chi connectivity index (χ2n) is 7.34. The number of rotatable bonds is 1. The normalized spacial score (nSPS) is 51.9. The maximum atomic E-state index is 12.8. The molecule has 4 aliphatic rings. The van der Waals surface area contributed by atoms with Gasteiger partial charge in [0.1, 0.15) is 0 Å². The van der Waals surface area contributed by atoms with Crippen LogP contribution in [-0.2, 0) is 4.79 Å². The van der Waals surface area contributed by atoms with Gasteiger partial charge in [0.05, 0.1) is 5.92 Å². The van der Waals surface area contributed by atoms with Crippen LogP contribution in [0.4, 0.5) is 0 Å². The third-order valence-electron chi connectivity index (χ3n) is 6.49. The molecular formula is C15H25N3O. The highest BCUT2D eigenvalue weighted by atomic mass is 16.2. The third-order valence-corrected chi connectivity index (χ3v) is 6.49. The quantitative estimate of drug-likeness (QED) is 0.726. The number of amides is 1. The molecule has 1 aliphatic heterocycles. The lowest BCUT2D eigenvalue weighted by atomic mass is 9.84. The molecule has 106 valence electrons. The maximum Gasteiger partial charge on any atom is 0.227 e. The summed E-state index contributed by atoms with van der Waals surface area (Å²) in [6, 6.07) is 0.442. The van der Waals surface area contributed by atoms with Crippen LogP contribution in [0.1, 0.15) is 32.1 Å². The van der Waals surface area contributed by atoms with Crippen molar-refractivity contribution in [3.8, 4) is 0 Å². The smallest absolute Gasteiger partial charge is 0.227 e. The molecule has 3 aliphatic carbocycles. The Morgan fingerprint density at radius 1 is 0.947 bits per heavy atom. The first-order valence-electron chi connectivity index (χ1n) is 7.95. The lowest BCUT2D eigenvalue weighted by Crippen LogP contribution is -2.47. The molecule has 4 heteroatoms. The monoisotopic (exact) mass is 263 g/mol. The van der Waals surface area contributed by atoms with Gasteiger partial charge in [-0.3, -0.25) is 4.79 Å². The average molecular weight is 263 g/mol. The fraction of sp³-hybridized carbons (Fsp3) is 0.933. The molecule has 4 N–H and O–H groups in total. The first kappa shape index (κ1) is 12.2. The van der Waals surface area contributed by atoms with Crippen molar-refractivity contribution in [1.29, 1.82) is 0 Å². The first-order chi connectivity index (χ1) is 9.15. The summed E-state index contributed by atoms with van der Waals surface area (Å²) in [5.74, 6) is 2.87. The summed E-state index contributed by atoms with van der Waals surface area (Å²) in [5, 5.41) is 0. The van der Waals surface area contributed by atoms with Crippen molar-refractivity contribution in [2.75, 3.05) is 13.1 Å². The highest BCUT2D eigenvalue weighted by Gasteiger charge is 2.52. The van der Waals surface area contributed by atoms with Crippen molar-refractivity contribution in [3.05, 3.63) is 0 Å². The molecule has 0 aromatic rings. The summed E-state index contributed by atoms with van der Waals surface area (Å²) in [5.41, 5.74) is 12.5. The molecule has 0 radical (unpaired) electrons. The number of likely N-dealkylation sites (tertiary alicyclic amines) is 1. The highest BCUT2D eigenvalue weighted by Crippen LogP contribution is 2.49. The summed E-state index contributed by atoms with van der Waals surface area (Å²) in [7, 11) is 0. The molecule has 1 heterocycles. The zero-order valence-electron chi connectivity index (χ0n) is 11.5. The fourth-order valence-corrected chi connectivity index (χ4v) is 5.40. The SMILES string of the molecule is NC1CCC2CN(C(=O)C3C4CCC(C4)C3N)CC12. The molecule has 7 unspecified atom stereocenters. The van der Waals surface area contributed by atoms with E-state index in [1.165, 1.54) is 25.7 Å². The van der Waals surface area contributed by atoms with E-state index in [-0.39, 0.29) is 12.0 Å². The van der Waals surface area contributed by atoms with Gasteiger partial charge < -0.3 is 16.4 Å². The van der Waals surface area contributed by atoms with Crippen LogP contribution in [0.25, 0.3) is 0 Å². The Morgan fingerprint density at radius 2 is 1.68 bits per heavy atom. The first-order valence-corrected chi connectivity index (χ1v) is 7.95. The molecule has 4 fully saturated rings. The molecule has 4 rings (SSSR count). The van der Waals surface area contributed by atoms with E-state index < -0.39 is 0 Å². The standard InChI is InChI=1S/C15H25N3O/c16-12-4-3-10-6-18(7-11(10)12)15(19)13-8-1-2-9(5-8)14(13)17/h8-14H,1-7,16-17H2. The van der Waals surface area contributed by atoms with Gasteiger partial charge in [0.25, 0.3) is 0 Å². The molecule has 1 amide bonds. The Labute approximate surface area is 114 Å². The van der Waals surface area contributed by atoms with Gasteiger partial charge in [-0.2, -0.15) is 0 Å². The minimum Gasteiger partial charge on any atom is -0.342 e. The van der Waals surface area contributed by atoms with E-state index in [1.807, 2.05) is 0 Å². The molecule has 0 aromatic carbocycles. The van der Waals surface area contributed by atoms with E-state index in [9.17, 15) is 4.79 Å². The zero-order chi connectivity index (χ0) is 13.1. The van der Waals surface area contributed by atoms with E-state index in [0.29, 0.717) is 35.6 Å². The second-order valence-corrected chi connectivity index (χ2v) is 7.34. The predicted octanol–water partition coefficient (Wildman–Crippen LogP) is 0.555. The number of hydrogen-bond donors (Lipinski definition) is 2. The Morgan fingerprint density at radius 3 is 2.37 bits per heavy atom. The highest BCUT2D eigenvalue weighted by molar-refractivity contribution is 5.81. The molecule has 4 nitrogen and oxygen atoms in total. The predicted molar refractivity (Wildman–Crippen MR) is 73.1 cm³/mol. The molecule has 0 aromatic heterocycles. The fourth-order valence-electron chi connectivity index (χ4n) is 5.40. The van der Waals surface area contributed by atoms with E-state index in [2.05, 4.69) is 4.90 Å². The molecule has 19 heavy (non-hydrogen) atoms. The number of carbonyl (C=O) groups excluding carboxylic acids is 1. The Bertz CT molecular complexity index is 397. The summed E-state index contributed by atoms with van der Waals surface area (Å²) < 4.78 is 0. The van der Waals surface area contributed by atoms with Crippen LogP contribution in [0.15, 0.2) is 0 Å². The van der Waals surface area contributed by atoms with Crippen molar-refractivity contribution in [1.82, 2.24) is 4.90 Å². The topological polar surface area (TPSA) is 72.3 Å². The maximum absolute atomic E-state index is 12.8. The van der Waals surface area contributed by atoms with Crippen LogP contribution < -0.4 is 11.5 Å². The van der Waals surface area contributed by atoms with Crippen molar-refractivity contribution >= 4 is 5.91 Å². The number of nitrogens with zero attached hydrogens (tertiary/aromatic N) is 1. The minimum absolute atomic E-state index is 0.119. The number of carbonyl (C=O) groups is 1. The van der Waals surface area contributed by atoms with Gasteiger partial charge in [-0.25, -0.2) is 0 Å². The second kappa shape index (κ2) is 4.19. The number of hydrogen-bond acceptors (Lipinski definition) is 3. The van der Waals surface area contributed by atoms with Gasteiger partial charge in [-0.15, -0.1) is 0 Å². The van der Waals surface area contributed by atoms with Gasteiger partial charge in [0.2, 0.25) is 5.91 Å². The Kier molecular flexibility index (Phi) is 2.68. The van der Waals surface area contributed by atoms with Gasteiger partial charge >= 0.3 is 0 Å². The van der Waals surface area contributed by atoms with Gasteiger partial charge in [-0.05, 0) is 55.8 Å². The number of nitrogens with two attached hydrogens (primary N) is 2. The summed E-state index contributed by atoms with van der Waals surface area (Å²) in [6.07, 6.45) is 6.00. The zero-order valence-corrected chi connectivity index (χ0v) is 11.5. The lowest BCUT2D eigenvalue weighted by molar-refractivity contribution is -0.137. The minimum atomic E-state index is 0.119. The van der Waals surface area contributed by atoms with E-state index in [0.717, 1.165) is 19.5 Å². The molecule has 2 bridgehead atoms. The largest absolute Gasteiger partial charge is 0.342 e. The summed E-state index contributed by atoms with van der Waals surface area (Å²) in [4.78, 5) is 14.9. The van der Waals surface area contributed by atoms with Crippen molar-refractivity contribution in [2.24, 2.45) is 41.1 Å². The third kappa shape index (κ3) is 1.69. The molecule has 0 spiro atoms. The van der Waals surface area contributed by atoms with E-state index >= 15 is 0 Å². The lowest BCUT2D eigenvalue weighted by Gasteiger charge is -2.31. The molecule has 7 atom stereocenters. The van der Waals surface area contributed by atoms with Crippen LogP contribution in [0, 0.1) is 29.6 Å². The Hall–Kier alpha value is -0.610. The summed E-state index contributed by atoms with van der Waals surface area (Å²) in [6.45, 7) is 1.84. The summed E-state index contributed by atoms with van der Waals surface area (Å²) >= 11 is 0. The van der Waals surface area contributed by atoms with Gasteiger partial charge in [0.15, 0.2) is 0 Å². The van der Waals surface area contributed by atoms with E-state index in [1.54, 1.807) is 0 Å². The van der Waals surface area contributed by atoms with Crippen LogP contribution in [0.3, 0.4) is 0 Å². The van der Waals surface area contributed by atoms with Crippen LogP contribution in [0.2, 0.25) is 0 Å². The average Bonchev–Trinajstić information content (AvgIpc) is 3.11. The van der Waals surface area contributed by atoms with Crippen molar-refractivity contribution in [2.45, 2.75) is 44.2 Å². The van der Waals surface area contributed by atoms with Crippen LogP contribution >= 0.6 is 0 Å².